The summed E-state index contributed by atoms with van der Waals surface area (Å²) in [5.41, 5.74) is 0. The van der Waals surface area contributed by atoms with Crippen LogP contribution in [0.15, 0.2) is 0 Å². The molecule has 0 fully saturated rings. The Labute approximate surface area is 56.6 Å². The summed E-state index contributed by atoms with van der Waals surface area (Å²) in [7, 11) is -4.06. The predicted molar refractivity (Wildman–Crippen MR) is 38.2 cm³/mol. The van der Waals surface area contributed by atoms with Crippen molar-refractivity contribution >= 4 is 35.5 Å². The first-order chi connectivity index (χ1) is 3.48. The second-order valence-electron chi connectivity index (χ2n) is 1.01. The summed E-state index contributed by atoms with van der Waals surface area (Å²) in [5, 5.41) is 0. The first-order valence-electron chi connectivity index (χ1n) is 1.62. The van der Waals surface area contributed by atoms with Crippen LogP contribution in [0, 0.1) is 0 Å². The third-order valence-electron chi connectivity index (χ3n) is 0.412. The smallest absolute Gasteiger partial charge is 0.320 e. The van der Waals surface area contributed by atoms with Gasteiger partial charge in [-0.15, -0.1) is 11.8 Å². The van der Waals surface area contributed by atoms with Crippen LogP contribution in [-0.4, -0.2) is 20.0 Å². The Bertz CT molecular complexity index is 138. The summed E-state index contributed by atoms with van der Waals surface area (Å²) in [5.74, 6) is 0. The predicted octanol–water partition coefficient (Wildman–Crippen LogP) is 0.812. The molecule has 0 aromatic heterocycles. The lowest BCUT2D eigenvalue weighted by atomic mass is 11.9. The van der Waals surface area contributed by atoms with Crippen LogP contribution in [0.2, 0.25) is 0 Å². The van der Waals surface area contributed by atoms with E-state index in [1.54, 1.807) is 0 Å². The quantitative estimate of drug-likeness (QED) is 0.453. The van der Waals surface area contributed by atoms with E-state index in [9.17, 15) is 4.57 Å². The molecule has 0 aliphatic heterocycles. The molecule has 0 heterocycles. The molecular weight excluding hydrogens is 167 g/mol. The maximum atomic E-state index is 10.1. The molecule has 0 aliphatic carbocycles. The van der Waals surface area contributed by atoms with Crippen molar-refractivity contribution in [3.63, 3.8) is 0 Å². The third-order valence-corrected chi connectivity index (χ3v) is 3.71. The maximum absolute atomic E-state index is 10.1. The van der Waals surface area contributed by atoms with Gasteiger partial charge in [-0.2, -0.15) is 0 Å². The van der Waals surface area contributed by atoms with Gasteiger partial charge in [0.1, 0.15) is 0 Å². The van der Waals surface area contributed by atoms with Crippen molar-refractivity contribution in [3.8, 4) is 0 Å². The topological polar surface area (TPSA) is 57.5 Å². The lowest BCUT2D eigenvalue weighted by molar-refractivity contribution is 0.392. The van der Waals surface area contributed by atoms with Crippen LogP contribution in [0.5, 0.6) is 0 Å². The van der Waals surface area contributed by atoms with Crippen molar-refractivity contribution < 1.29 is 14.4 Å². The van der Waals surface area contributed by atoms with Gasteiger partial charge in [0.05, 0.1) is 0 Å². The zero-order chi connectivity index (χ0) is 6.78. The molecule has 0 aliphatic rings. The summed E-state index contributed by atoms with van der Waals surface area (Å²) in [6.45, 7) is 0. The average Bonchev–Trinajstić information content (AvgIpc) is 1.62. The van der Waals surface area contributed by atoms with Crippen LogP contribution in [0.3, 0.4) is 0 Å². The molecule has 0 amide bonds. The van der Waals surface area contributed by atoms with Gasteiger partial charge < -0.3 is 9.79 Å². The summed E-state index contributed by atoms with van der Waals surface area (Å²) >= 11 is 5.19. The largest absolute Gasteiger partial charge is 0.373 e. The maximum Gasteiger partial charge on any atom is 0.373 e. The van der Waals surface area contributed by atoms with E-state index in [2.05, 4.69) is 12.2 Å². The number of hydrogen-bond donors (Lipinski definition) is 2. The lowest BCUT2D eigenvalue weighted by Gasteiger charge is -1.98. The minimum Gasteiger partial charge on any atom is -0.320 e. The van der Waals surface area contributed by atoms with Gasteiger partial charge in [0, 0.05) is 0 Å². The van der Waals surface area contributed by atoms with Crippen LogP contribution < -0.4 is 0 Å². The van der Waals surface area contributed by atoms with Gasteiger partial charge in [-0.3, -0.25) is 4.57 Å². The van der Waals surface area contributed by atoms with E-state index in [0.29, 0.717) is 0 Å². The van der Waals surface area contributed by atoms with E-state index >= 15 is 0 Å². The van der Waals surface area contributed by atoms with Crippen LogP contribution in [-0.2, 0) is 4.57 Å². The second kappa shape index (κ2) is 2.94. The number of hydrogen-bond acceptors (Lipinski definition) is 3. The molecule has 6 heteroatoms. The van der Waals surface area contributed by atoms with Crippen LogP contribution in [0.4, 0.5) is 0 Å². The summed E-state index contributed by atoms with van der Waals surface area (Å²) in [6, 6.07) is 0. The highest BCUT2D eigenvalue weighted by Gasteiger charge is 2.18. The Hall–Kier alpha value is 0.590. The fraction of sp³-hybridized carbons (Fsp3) is 0.500. The van der Waals surface area contributed by atoms with E-state index in [1.165, 1.54) is 6.26 Å². The summed E-state index contributed by atoms with van der Waals surface area (Å²) in [6.07, 6.45) is 1.53. The molecule has 2 N–H and O–H groups in total. The van der Waals surface area contributed by atoms with Crippen LogP contribution >= 0.6 is 31.6 Å². The molecule has 0 aromatic carbocycles. The van der Waals surface area contributed by atoms with Crippen molar-refractivity contribution in [2.75, 3.05) is 6.26 Å². The van der Waals surface area contributed by atoms with E-state index in [-0.39, 0.29) is 3.94 Å². The number of thioether (sulfide) groups is 1. The fourth-order valence-electron chi connectivity index (χ4n) is 0.119. The van der Waals surface area contributed by atoms with Gasteiger partial charge in [0.15, 0.2) is 3.94 Å². The molecule has 0 atom stereocenters. The molecule has 48 valence electrons. The van der Waals surface area contributed by atoms with Gasteiger partial charge in [0.25, 0.3) is 0 Å². The summed E-state index contributed by atoms with van der Waals surface area (Å²) < 4.78 is 9.84. The van der Waals surface area contributed by atoms with Gasteiger partial charge >= 0.3 is 7.60 Å². The number of thiocarbonyl (C=S) groups is 1. The zero-order valence-electron chi connectivity index (χ0n) is 4.07. The van der Waals surface area contributed by atoms with E-state index in [4.69, 9.17) is 9.79 Å². The Morgan fingerprint density at radius 1 is 1.75 bits per heavy atom. The Balaban J connectivity index is 4.04. The van der Waals surface area contributed by atoms with Gasteiger partial charge in [-0.05, 0) is 6.26 Å². The van der Waals surface area contributed by atoms with Crippen molar-refractivity contribution in [2.45, 2.75) is 0 Å². The van der Waals surface area contributed by atoms with Crippen molar-refractivity contribution in [3.05, 3.63) is 0 Å². The highest BCUT2D eigenvalue weighted by molar-refractivity contribution is 8.34. The standard InChI is InChI=1S/C2H5O3PS2/c1-8-2(7)6(3,4)5/h1H3,(H2,3,4,5). The molecular formula is C2H5O3PS2. The zero-order valence-corrected chi connectivity index (χ0v) is 6.59. The Morgan fingerprint density at radius 2 is 2.12 bits per heavy atom. The minimum absolute atomic E-state index is 0.252. The Kier molecular flexibility index (Phi) is 3.16. The minimum atomic E-state index is -4.06. The average molecular weight is 172 g/mol. The molecule has 0 radical (unpaired) electrons. The Morgan fingerprint density at radius 3 is 2.12 bits per heavy atom. The van der Waals surface area contributed by atoms with E-state index in [1.807, 2.05) is 0 Å². The molecule has 0 aromatic rings. The molecule has 0 spiro atoms. The SMILES string of the molecule is CSC(=S)P(=O)(O)O. The fourth-order valence-corrected chi connectivity index (χ4v) is 1.07. The molecule has 8 heavy (non-hydrogen) atoms. The first kappa shape index (κ1) is 8.59. The second-order valence-corrected chi connectivity index (χ2v) is 4.64. The lowest BCUT2D eigenvalue weighted by Crippen LogP contribution is -1.86. The normalized spacial score (nSPS) is 11.4. The molecule has 0 unspecified atom stereocenters. The highest BCUT2D eigenvalue weighted by atomic mass is 32.2. The van der Waals surface area contributed by atoms with Crippen molar-refractivity contribution in [1.82, 2.24) is 0 Å². The van der Waals surface area contributed by atoms with Gasteiger partial charge in [0.2, 0.25) is 0 Å². The van der Waals surface area contributed by atoms with E-state index in [0.717, 1.165) is 11.8 Å². The molecule has 0 bridgehead atoms. The molecule has 0 rings (SSSR count). The monoisotopic (exact) mass is 172 g/mol. The number of rotatable bonds is 1. The van der Waals surface area contributed by atoms with Gasteiger partial charge in [-0.25, -0.2) is 0 Å². The van der Waals surface area contributed by atoms with E-state index < -0.39 is 7.60 Å². The van der Waals surface area contributed by atoms with Crippen LogP contribution in [0.25, 0.3) is 0 Å². The van der Waals surface area contributed by atoms with Crippen molar-refractivity contribution in [1.29, 1.82) is 0 Å². The van der Waals surface area contributed by atoms with Crippen LogP contribution in [0.1, 0.15) is 0 Å². The first-order valence-corrected chi connectivity index (χ1v) is 4.87. The molecule has 0 saturated heterocycles. The summed E-state index contributed by atoms with van der Waals surface area (Å²) in [4.78, 5) is 16.5. The molecule has 0 saturated carbocycles. The molecule has 3 nitrogen and oxygen atoms in total. The van der Waals surface area contributed by atoms with Gasteiger partial charge in [-0.1, -0.05) is 12.2 Å². The third kappa shape index (κ3) is 2.79. The van der Waals surface area contributed by atoms with Crippen molar-refractivity contribution in [2.24, 2.45) is 0 Å². The highest BCUT2D eigenvalue weighted by Crippen LogP contribution is 2.41.